The fourth-order valence-electron chi connectivity index (χ4n) is 2.30. The summed E-state index contributed by atoms with van der Waals surface area (Å²) in [5.74, 6) is 3.49. The van der Waals surface area contributed by atoms with E-state index in [9.17, 15) is 5.11 Å². The van der Waals surface area contributed by atoms with Crippen molar-refractivity contribution in [1.29, 1.82) is 0 Å². The molecule has 3 heteroatoms. The summed E-state index contributed by atoms with van der Waals surface area (Å²) in [6, 6.07) is 0.0511. The van der Waals surface area contributed by atoms with Gasteiger partial charge in [0.2, 0.25) is 0 Å². The molecule has 1 rings (SSSR count). The van der Waals surface area contributed by atoms with Gasteiger partial charge in [0.15, 0.2) is 0 Å². The van der Waals surface area contributed by atoms with E-state index in [0.29, 0.717) is 19.3 Å². The van der Waals surface area contributed by atoms with Gasteiger partial charge in [0.1, 0.15) is 0 Å². The van der Waals surface area contributed by atoms with Crippen LogP contribution in [-0.4, -0.2) is 36.5 Å². The quantitative estimate of drug-likeness (QED) is 0.681. The number of aliphatic hydroxyl groups excluding tert-OH is 1. The van der Waals surface area contributed by atoms with Crippen LogP contribution in [0.3, 0.4) is 0 Å². The molecule has 0 aliphatic heterocycles. The lowest BCUT2D eigenvalue weighted by atomic mass is 9.89. The average Bonchev–Trinajstić information content (AvgIpc) is 2.39. The maximum atomic E-state index is 9.82. The highest BCUT2D eigenvalue weighted by atomic mass is 16.5. The van der Waals surface area contributed by atoms with Gasteiger partial charge in [0.25, 0.3) is 0 Å². The summed E-state index contributed by atoms with van der Waals surface area (Å²) in [6.07, 6.45) is 10.8. The third-order valence-corrected chi connectivity index (χ3v) is 3.70. The normalized spacial score (nSPS) is 27.4. The van der Waals surface area contributed by atoms with Gasteiger partial charge in [0.05, 0.1) is 24.9 Å². The van der Waals surface area contributed by atoms with E-state index in [-0.39, 0.29) is 6.04 Å². The topological polar surface area (TPSA) is 41.5 Å². The van der Waals surface area contributed by atoms with E-state index in [1.54, 1.807) is 0 Å². The molecule has 1 aliphatic carbocycles. The molecule has 18 heavy (non-hydrogen) atoms. The lowest BCUT2D eigenvalue weighted by Crippen LogP contribution is -2.37. The second kappa shape index (κ2) is 8.53. The Balaban J connectivity index is 2.09. The summed E-state index contributed by atoms with van der Waals surface area (Å²) in [5.41, 5.74) is 0. The van der Waals surface area contributed by atoms with Gasteiger partial charge in [-0.15, -0.1) is 6.42 Å². The molecule has 1 saturated carbocycles. The number of terminal acetylenes is 1. The molecule has 1 fully saturated rings. The lowest BCUT2D eigenvalue weighted by Gasteiger charge is -2.27. The summed E-state index contributed by atoms with van der Waals surface area (Å²) in [4.78, 5) is 0. The van der Waals surface area contributed by atoms with Crippen LogP contribution in [0.5, 0.6) is 0 Å². The molecular weight excluding hydrogens is 226 g/mol. The van der Waals surface area contributed by atoms with Crippen LogP contribution in [0.15, 0.2) is 0 Å². The second-order valence-corrected chi connectivity index (χ2v) is 5.40. The highest BCUT2D eigenvalue weighted by molar-refractivity contribution is 4.97. The third kappa shape index (κ3) is 5.86. The summed E-state index contributed by atoms with van der Waals surface area (Å²) in [5, 5.41) is 13.0. The van der Waals surface area contributed by atoms with Gasteiger partial charge in [0, 0.05) is 6.54 Å². The van der Waals surface area contributed by atoms with Crippen LogP contribution in [0.4, 0.5) is 0 Å². The van der Waals surface area contributed by atoms with E-state index in [1.165, 1.54) is 12.8 Å². The van der Waals surface area contributed by atoms with Crippen LogP contribution in [0.25, 0.3) is 0 Å². The predicted molar refractivity (Wildman–Crippen MR) is 74.3 cm³/mol. The molecule has 2 atom stereocenters. The van der Waals surface area contributed by atoms with Crippen LogP contribution in [-0.2, 0) is 4.74 Å². The largest absolute Gasteiger partial charge is 0.389 e. The first-order valence-electron chi connectivity index (χ1n) is 7.14. The predicted octanol–water partition coefficient (Wildman–Crippen LogP) is 1.94. The highest BCUT2D eigenvalue weighted by Crippen LogP contribution is 2.25. The number of hydrogen-bond donors (Lipinski definition) is 2. The maximum Gasteiger partial charge on any atom is 0.0898 e. The maximum absolute atomic E-state index is 9.82. The van der Waals surface area contributed by atoms with Gasteiger partial charge in [-0.25, -0.2) is 0 Å². The monoisotopic (exact) mass is 253 g/mol. The Morgan fingerprint density at radius 2 is 2.06 bits per heavy atom. The van der Waals surface area contributed by atoms with Gasteiger partial charge in [-0.05, 0) is 38.0 Å². The molecule has 0 saturated heterocycles. The average molecular weight is 253 g/mol. The van der Waals surface area contributed by atoms with Gasteiger partial charge >= 0.3 is 0 Å². The second-order valence-electron chi connectivity index (χ2n) is 5.40. The first-order valence-corrected chi connectivity index (χ1v) is 7.14. The van der Waals surface area contributed by atoms with Crippen LogP contribution >= 0.6 is 0 Å². The molecule has 0 bridgehead atoms. The van der Waals surface area contributed by atoms with Gasteiger partial charge in [-0.3, -0.25) is 0 Å². The molecule has 0 aromatic carbocycles. The minimum Gasteiger partial charge on any atom is -0.389 e. The fraction of sp³-hybridized carbons (Fsp3) is 0.867. The minimum absolute atomic E-state index is 0.0511. The van der Waals surface area contributed by atoms with Crippen molar-refractivity contribution in [3.63, 3.8) is 0 Å². The Hall–Kier alpha value is -0.560. The number of hydrogen-bond acceptors (Lipinski definition) is 3. The molecule has 2 unspecified atom stereocenters. The van der Waals surface area contributed by atoms with Crippen molar-refractivity contribution in [2.75, 3.05) is 13.2 Å². The fourth-order valence-corrected chi connectivity index (χ4v) is 2.30. The molecule has 0 radical (unpaired) electrons. The van der Waals surface area contributed by atoms with Crippen LogP contribution in [0.2, 0.25) is 0 Å². The Kier molecular flexibility index (Phi) is 7.34. The highest BCUT2D eigenvalue weighted by Gasteiger charge is 2.19. The summed E-state index contributed by atoms with van der Waals surface area (Å²) < 4.78 is 5.75. The van der Waals surface area contributed by atoms with Crippen LogP contribution in [0, 0.1) is 18.3 Å². The van der Waals surface area contributed by atoms with Crippen molar-refractivity contribution in [2.45, 2.75) is 64.2 Å². The van der Waals surface area contributed by atoms with Crippen molar-refractivity contribution >= 4 is 0 Å². The zero-order valence-corrected chi connectivity index (χ0v) is 11.7. The number of rotatable bonds is 7. The minimum atomic E-state index is -0.466. The van der Waals surface area contributed by atoms with Crippen molar-refractivity contribution in [2.24, 2.45) is 5.92 Å². The molecule has 1 aliphatic rings. The van der Waals surface area contributed by atoms with Crippen LogP contribution < -0.4 is 5.32 Å². The molecule has 104 valence electrons. The smallest absolute Gasteiger partial charge is 0.0898 e. The molecule has 0 amide bonds. The van der Waals surface area contributed by atoms with Gasteiger partial charge in [-0.1, -0.05) is 19.8 Å². The Labute approximate surface area is 111 Å². The molecule has 3 nitrogen and oxygen atoms in total. The third-order valence-electron chi connectivity index (χ3n) is 3.70. The van der Waals surface area contributed by atoms with E-state index in [4.69, 9.17) is 11.2 Å². The Bertz CT molecular complexity index is 254. The lowest BCUT2D eigenvalue weighted by molar-refractivity contribution is -0.0280. The molecular formula is C15H27NO2. The van der Waals surface area contributed by atoms with Crippen molar-refractivity contribution in [1.82, 2.24) is 5.32 Å². The van der Waals surface area contributed by atoms with E-state index in [1.807, 2.05) is 6.92 Å². The van der Waals surface area contributed by atoms with Crippen molar-refractivity contribution < 1.29 is 9.84 Å². The standard InChI is InChI=1S/C15H27NO2/c1-4-13(5-2)16-10-14(17)11-18-15-8-6-12(3)7-9-15/h1,12-17H,5-11H2,2-3H3. The van der Waals surface area contributed by atoms with Crippen molar-refractivity contribution in [3.05, 3.63) is 0 Å². The molecule has 0 aromatic heterocycles. The van der Waals surface area contributed by atoms with Gasteiger partial charge < -0.3 is 15.2 Å². The zero-order chi connectivity index (χ0) is 13.4. The molecule has 0 aromatic rings. The first kappa shape index (κ1) is 15.5. The summed E-state index contributed by atoms with van der Waals surface area (Å²) in [7, 11) is 0. The SMILES string of the molecule is C#CC(CC)NCC(O)COC1CCC(C)CC1. The Morgan fingerprint density at radius 3 is 2.61 bits per heavy atom. The van der Waals surface area contributed by atoms with Crippen LogP contribution in [0.1, 0.15) is 46.0 Å². The Morgan fingerprint density at radius 1 is 1.39 bits per heavy atom. The number of nitrogens with one attached hydrogen (secondary N) is 1. The van der Waals surface area contributed by atoms with E-state index >= 15 is 0 Å². The van der Waals surface area contributed by atoms with E-state index in [2.05, 4.69) is 18.2 Å². The zero-order valence-electron chi connectivity index (χ0n) is 11.7. The molecule has 2 N–H and O–H groups in total. The van der Waals surface area contributed by atoms with E-state index < -0.39 is 6.10 Å². The van der Waals surface area contributed by atoms with E-state index in [0.717, 1.165) is 25.2 Å². The first-order chi connectivity index (χ1) is 8.65. The number of aliphatic hydroxyl groups is 1. The van der Waals surface area contributed by atoms with Crippen molar-refractivity contribution in [3.8, 4) is 12.3 Å². The summed E-state index contributed by atoms with van der Waals surface area (Å²) >= 11 is 0. The number of ether oxygens (including phenoxy) is 1. The molecule has 0 spiro atoms. The van der Waals surface area contributed by atoms with Gasteiger partial charge in [-0.2, -0.15) is 0 Å². The summed E-state index contributed by atoms with van der Waals surface area (Å²) in [6.45, 7) is 5.24. The molecule has 0 heterocycles.